The monoisotopic (exact) mass is 180 g/mol. The van der Waals surface area contributed by atoms with Crippen LogP contribution in [0.5, 0.6) is 0 Å². The van der Waals surface area contributed by atoms with E-state index in [1.165, 1.54) is 12.8 Å². The molecule has 12 heavy (non-hydrogen) atoms. The maximum atomic E-state index is 4.78. The standard InChI is InChI=1S/C5H12O.C3H8O2.CH4/c1-3-4-5-6-2;1-4-3-5-2;/h3-5H2,1-2H3;3H2,1-2H3;1H4. The summed E-state index contributed by atoms with van der Waals surface area (Å²) in [7, 11) is 4.91. The van der Waals surface area contributed by atoms with E-state index in [1.54, 1.807) is 21.3 Å². The van der Waals surface area contributed by atoms with E-state index in [0.717, 1.165) is 6.61 Å². The van der Waals surface area contributed by atoms with Gasteiger partial charge in [0.25, 0.3) is 0 Å². The smallest absolute Gasteiger partial charge is 0.145 e. The van der Waals surface area contributed by atoms with Crippen LogP contribution in [0, 0.1) is 0 Å². The molecule has 0 spiro atoms. The minimum atomic E-state index is 0. The molecule has 3 nitrogen and oxygen atoms in total. The lowest BCUT2D eigenvalue weighted by atomic mass is 10.4. The first-order valence-electron chi connectivity index (χ1n) is 3.80. The SMILES string of the molecule is C.CCCCOC.COCOC. The molecule has 0 unspecified atom stereocenters. The summed E-state index contributed by atoms with van der Waals surface area (Å²) in [6.45, 7) is 3.45. The van der Waals surface area contributed by atoms with Crippen LogP contribution in [-0.2, 0) is 14.2 Å². The van der Waals surface area contributed by atoms with Gasteiger partial charge < -0.3 is 14.2 Å². The van der Waals surface area contributed by atoms with Gasteiger partial charge in [0.05, 0.1) is 0 Å². The van der Waals surface area contributed by atoms with E-state index in [0.29, 0.717) is 6.79 Å². The fraction of sp³-hybridized carbons (Fsp3) is 1.00. The van der Waals surface area contributed by atoms with Crippen LogP contribution in [0.25, 0.3) is 0 Å². The zero-order valence-corrected chi connectivity index (χ0v) is 8.05. The summed E-state index contributed by atoms with van der Waals surface area (Å²) in [5.41, 5.74) is 0. The maximum absolute atomic E-state index is 4.78. The van der Waals surface area contributed by atoms with Crippen LogP contribution < -0.4 is 0 Å². The molecule has 0 rings (SSSR count). The number of hydrogen-bond acceptors (Lipinski definition) is 3. The van der Waals surface area contributed by atoms with Gasteiger partial charge in [-0.05, 0) is 6.42 Å². The first kappa shape index (κ1) is 17.8. The van der Waals surface area contributed by atoms with E-state index in [4.69, 9.17) is 4.74 Å². The van der Waals surface area contributed by atoms with Gasteiger partial charge in [0.1, 0.15) is 6.79 Å². The highest BCUT2D eigenvalue weighted by Gasteiger charge is 1.74. The van der Waals surface area contributed by atoms with Crippen molar-refractivity contribution in [2.24, 2.45) is 0 Å². The van der Waals surface area contributed by atoms with Crippen LogP contribution in [0.15, 0.2) is 0 Å². The number of hydrogen-bond donors (Lipinski definition) is 0. The fourth-order valence-corrected chi connectivity index (χ4v) is 0.407. The van der Waals surface area contributed by atoms with Crippen molar-refractivity contribution in [1.82, 2.24) is 0 Å². The molecular formula is C9H24O3. The Morgan fingerprint density at radius 3 is 1.50 bits per heavy atom. The number of ether oxygens (including phenoxy) is 3. The lowest BCUT2D eigenvalue weighted by molar-refractivity contribution is -0.00271. The molecule has 0 aliphatic rings. The highest BCUT2D eigenvalue weighted by atomic mass is 16.6. The average molecular weight is 180 g/mol. The fourth-order valence-electron chi connectivity index (χ4n) is 0.407. The van der Waals surface area contributed by atoms with Crippen molar-refractivity contribution in [3.05, 3.63) is 0 Å². The second-order valence-electron chi connectivity index (χ2n) is 2.04. The molecule has 0 saturated heterocycles. The van der Waals surface area contributed by atoms with E-state index >= 15 is 0 Å². The van der Waals surface area contributed by atoms with Gasteiger partial charge in [0.15, 0.2) is 0 Å². The minimum absolute atomic E-state index is 0. The van der Waals surface area contributed by atoms with Crippen molar-refractivity contribution in [1.29, 1.82) is 0 Å². The first-order chi connectivity index (χ1) is 5.33. The van der Waals surface area contributed by atoms with E-state index in [1.807, 2.05) is 0 Å². The number of methoxy groups -OCH3 is 3. The predicted octanol–water partition coefficient (Wildman–Crippen LogP) is 2.31. The summed E-state index contributed by atoms with van der Waals surface area (Å²) in [6.07, 6.45) is 2.42. The molecule has 0 aromatic carbocycles. The van der Waals surface area contributed by atoms with Crippen LogP contribution >= 0.6 is 0 Å². The Morgan fingerprint density at radius 1 is 0.917 bits per heavy atom. The van der Waals surface area contributed by atoms with Crippen LogP contribution in [-0.4, -0.2) is 34.7 Å². The quantitative estimate of drug-likeness (QED) is 0.480. The predicted molar refractivity (Wildman–Crippen MR) is 52.4 cm³/mol. The lowest BCUT2D eigenvalue weighted by Crippen LogP contribution is -1.87. The molecule has 0 aliphatic heterocycles. The van der Waals surface area contributed by atoms with Crippen LogP contribution in [0.3, 0.4) is 0 Å². The molecule has 78 valence electrons. The Morgan fingerprint density at radius 2 is 1.42 bits per heavy atom. The van der Waals surface area contributed by atoms with Crippen LogP contribution in [0.4, 0.5) is 0 Å². The van der Waals surface area contributed by atoms with Crippen molar-refractivity contribution in [2.75, 3.05) is 34.7 Å². The van der Waals surface area contributed by atoms with Crippen molar-refractivity contribution < 1.29 is 14.2 Å². The van der Waals surface area contributed by atoms with Crippen LogP contribution in [0.2, 0.25) is 0 Å². The highest BCUT2D eigenvalue weighted by molar-refractivity contribution is 4.26. The van der Waals surface area contributed by atoms with Crippen molar-refractivity contribution >= 4 is 0 Å². The molecule has 0 N–H and O–H groups in total. The topological polar surface area (TPSA) is 27.7 Å². The van der Waals surface area contributed by atoms with Gasteiger partial charge in [-0.3, -0.25) is 0 Å². The Labute approximate surface area is 77.0 Å². The third-order valence-electron chi connectivity index (χ3n) is 0.938. The van der Waals surface area contributed by atoms with E-state index in [-0.39, 0.29) is 7.43 Å². The molecule has 0 saturated carbocycles. The number of unbranched alkanes of at least 4 members (excludes halogenated alkanes) is 1. The Hall–Kier alpha value is -0.120. The molecule has 0 atom stereocenters. The lowest BCUT2D eigenvalue weighted by Gasteiger charge is -1.89. The average Bonchev–Trinajstić information content (AvgIpc) is 2.04. The van der Waals surface area contributed by atoms with Gasteiger partial charge in [-0.15, -0.1) is 0 Å². The summed E-state index contributed by atoms with van der Waals surface area (Å²) in [4.78, 5) is 0. The largest absolute Gasteiger partial charge is 0.385 e. The molecule has 0 aromatic heterocycles. The van der Waals surface area contributed by atoms with Crippen molar-refractivity contribution in [2.45, 2.75) is 27.2 Å². The number of rotatable bonds is 5. The summed E-state index contributed by atoms with van der Waals surface area (Å²) in [5, 5.41) is 0. The Kier molecular flexibility index (Phi) is 33.3. The van der Waals surface area contributed by atoms with Gasteiger partial charge in [-0.2, -0.15) is 0 Å². The Balaban J connectivity index is -0.000000126. The second-order valence-corrected chi connectivity index (χ2v) is 2.04. The van der Waals surface area contributed by atoms with Crippen molar-refractivity contribution in [3.8, 4) is 0 Å². The van der Waals surface area contributed by atoms with Gasteiger partial charge in [-0.1, -0.05) is 20.8 Å². The Bertz CT molecular complexity index is 43.0. The minimum Gasteiger partial charge on any atom is -0.385 e. The molecule has 0 aromatic rings. The second kappa shape index (κ2) is 22.4. The summed E-state index contributed by atoms with van der Waals surface area (Å²) < 4.78 is 13.7. The third-order valence-corrected chi connectivity index (χ3v) is 0.938. The molecule has 0 aliphatic carbocycles. The molecule has 0 amide bonds. The normalized spacial score (nSPS) is 8.00. The molecule has 0 bridgehead atoms. The summed E-state index contributed by atoms with van der Waals surface area (Å²) in [6, 6.07) is 0. The first-order valence-corrected chi connectivity index (χ1v) is 3.80. The summed E-state index contributed by atoms with van der Waals surface area (Å²) >= 11 is 0. The van der Waals surface area contributed by atoms with Gasteiger partial charge >= 0.3 is 0 Å². The third kappa shape index (κ3) is 32.7. The van der Waals surface area contributed by atoms with Crippen LogP contribution in [0.1, 0.15) is 27.2 Å². The van der Waals surface area contributed by atoms with E-state index in [9.17, 15) is 0 Å². The highest BCUT2D eigenvalue weighted by Crippen LogP contribution is 1.83. The maximum Gasteiger partial charge on any atom is 0.145 e. The van der Waals surface area contributed by atoms with Crippen molar-refractivity contribution in [3.63, 3.8) is 0 Å². The van der Waals surface area contributed by atoms with Gasteiger partial charge in [0, 0.05) is 27.9 Å². The molecular weight excluding hydrogens is 156 g/mol. The van der Waals surface area contributed by atoms with E-state index in [2.05, 4.69) is 16.4 Å². The molecule has 3 heteroatoms. The van der Waals surface area contributed by atoms with E-state index < -0.39 is 0 Å². The zero-order chi connectivity index (χ0) is 8.95. The molecule has 0 heterocycles. The van der Waals surface area contributed by atoms with Gasteiger partial charge in [-0.25, -0.2) is 0 Å². The summed E-state index contributed by atoms with van der Waals surface area (Å²) in [5.74, 6) is 0. The van der Waals surface area contributed by atoms with Gasteiger partial charge in [0.2, 0.25) is 0 Å². The molecule has 0 radical (unpaired) electrons. The zero-order valence-electron chi connectivity index (χ0n) is 8.05. The molecule has 0 fully saturated rings.